The van der Waals surface area contributed by atoms with E-state index in [1.165, 1.54) is 38.6 Å². The lowest BCUT2D eigenvalue weighted by atomic mass is 9.90. The van der Waals surface area contributed by atoms with Gasteiger partial charge in [-0.2, -0.15) is 0 Å². The molecule has 1 unspecified atom stereocenters. The zero-order valence-corrected chi connectivity index (χ0v) is 31.0. The van der Waals surface area contributed by atoms with Crippen LogP contribution in [0.4, 0.5) is 0 Å². The second-order valence-electron chi connectivity index (χ2n) is 14.6. The Labute approximate surface area is 326 Å². The van der Waals surface area contributed by atoms with Gasteiger partial charge in [-0.3, -0.25) is 0 Å². The number of benzene rings is 7. The fraction of sp³-hybridized carbons (Fsp3) is 0.0577. The van der Waals surface area contributed by atoms with E-state index in [-0.39, 0.29) is 0 Å². The van der Waals surface area contributed by atoms with Crippen molar-refractivity contribution in [2.45, 2.75) is 13.3 Å². The van der Waals surface area contributed by atoms with Crippen LogP contribution in [0.2, 0.25) is 0 Å². The molecule has 0 N–H and O–H groups in total. The van der Waals surface area contributed by atoms with Crippen LogP contribution in [0.1, 0.15) is 18.9 Å². The predicted octanol–water partition coefficient (Wildman–Crippen LogP) is 13.3. The number of allylic oxidation sites excluding steroid dienone is 4. The van der Waals surface area contributed by atoms with Crippen LogP contribution in [-0.4, -0.2) is 19.5 Å². The first-order valence-corrected chi connectivity index (χ1v) is 19.2. The predicted molar refractivity (Wildman–Crippen MR) is 232 cm³/mol. The Hall–Kier alpha value is -7.17. The summed E-state index contributed by atoms with van der Waals surface area (Å²) >= 11 is 0. The maximum Gasteiger partial charge on any atom is 0.164 e. The molecule has 4 nitrogen and oxygen atoms in total. The monoisotopic (exact) mass is 718 g/mol. The molecule has 2 heterocycles. The Balaban J connectivity index is 1.18. The first-order chi connectivity index (χ1) is 27.7. The molecule has 0 spiro atoms. The SMILES string of the molecule is CC1C=CC=C(c2ccc3c(c2)c2c(-c4cccc(-c5nc(-c6ccccc6)nc(-c6ccccc6)n5)c4)cccc2n3-c2cccc(-c3ccccc3)c2)C1. The summed E-state index contributed by atoms with van der Waals surface area (Å²) in [6.07, 6.45) is 7.79. The third kappa shape index (κ3) is 6.21. The van der Waals surface area contributed by atoms with Crippen LogP contribution in [0.3, 0.4) is 0 Å². The average Bonchev–Trinajstić information content (AvgIpc) is 3.61. The van der Waals surface area contributed by atoms with Crippen molar-refractivity contribution in [3.63, 3.8) is 0 Å². The molecular weight excluding hydrogens is 681 g/mol. The zero-order chi connectivity index (χ0) is 37.4. The summed E-state index contributed by atoms with van der Waals surface area (Å²) in [5.41, 5.74) is 13.6. The maximum atomic E-state index is 5.05. The molecule has 10 rings (SSSR count). The summed E-state index contributed by atoms with van der Waals surface area (Å²) in [7, 11) is 0. The Morgan fingerprint density at radius 2 is 1.05 bits per heavy atom. The van der Waals surface area contributed by atoms with E-state index in [0.29, 0.717) is 23.4 Å². The molecule has 0 fully saturated rings. The fourth-order valence-electron chi connectivity index (χ4n) is 8.07. The third-order valence-electron chi connectivity index (χ3n) is 10.8. The summed E-state index contributed by atoms with van der Waals surface area (Å²) < 4.78 is 2.43. The van der Waals surface area contributed by atoms with Crippen LogP contribution < -0.4 is 0 Å². The van der Waals surface area contributed by atoms with Gasteiger partial charge in [-0.15, -0.1) is 0 Å². The molecule has 0 saturated heterocycles. The second-order valence-corrected chi connectivity index (χ2v) is 14.6. The van der Waals surface area contributed by atoms with Crippen molar-refractivity contribution in [1.29, 1.82) is 0 Å². The van der Waals surface area contributed by atoms with Gasteiger partial charge < -0.3 is 4.57 Å². The topological polar surface area (TPSA) is 43.6 Å². The Bertz CT molecular complexity index is 2880. The minimum atomic E-state index is 0.506. The zero-order valence-electron chi connectivity index (χ0n) is 31.0. The number of hydrogen-bond acceptors (Lipinski definition) is 3. The van der Waals surface area contributed by atoms with Gasteiger partial charge in [0.15, 0.2) is 17.5 Å². The highest BCUT2D eigenvalue weighted by Crippen LogP contribution is 2.41. The average molecular weight is 719 g/mol. The van der Waals surface area contributed by atoms with Gasteiger partial charge in [-0.25, -0.2) is 15.0 Å². The minimum absolute atomic E-state index is 0.506. The molecular formula is C52H38N4. The van der Waals surface area contributed by atoms with E-state index in [0.717, 1.165) is 45.4 Å². The van der Waals surface area contributed by atoms with Crippen molar-refractivity contribution in [2.75, 3.05) is 0 Å². The van der Waals surface area contributed by atoms with Crippen LogP contribution in [0.15, 0.2) is 194 Å². The summed E-state index contributed by atoms with van der Waals surface area (Å²) in [5.74, 6) is 2.44. The first kappa shape index (κ1) is 33.4. The highest BCUT2D eigenvalue weighted by molar-refractivity contribution is 6.16. The van der Waals surface area contributed by atoms with Gasteiger partial charge in [0.25, 0.3) is 0 Å². The van der Waals surface area contributed by atoms with Gasteiger partial charge in [-0.05, 0) is 82.1 Å². The molecule has 0 amide bonds. The fourth-order valence-corrected chi connectivity index (χ4v) is 8.07. The van der Waals surface area contributed by atoms with Gasteiger partial charge in [-0.1, -0.05) is 165 Å². The van der Waals surface area contributed by atoms with Crippen molar-refractivity contribution in [1.82, 2.24) is 19.5 Å². The van der Waals surface area contributed by atoms with Crippen LogP contribution in [-0.2, 0) is 0 Å². The molecule has 1 aliphatic rings. The van der Waals surface area contributed by atoms with E-state index in [1.54, 1.807) is 0 Å². The number of hydrogen-bond donors (Lipinski definition) is 0. The van der Waals surface area contributed by atoms with Crippen LogP contribution in [0.5, 0.6) is 0 Å². The van der Waals surface area contributed by atoms with Crippen molar-refractivity contribution >= 4 is 27.4 Å². The molecule has 2 aromatic heterocycles. The van der Waals surface area contributed by atoms with Gasteiger partial charge >= 0.3 is 0 Å². The van der Waals surface area contributed by atoms with Gasteiger partial charge in [0, 0.05) is 33.2 Å². The van der Waals surface area contributed by atoms with E-state index in [9.17, 15) is 0 Å². The molecule has 7 aromatic carbocycles. The lowest BCUT2D eigenvalue weighted by Gasteiger charge is -2.15. The van der Waals surface area contributed by atoms with Crippen LogP contribution >= 0.6 is 0 Å². The van der Waals surface area contributed by atoms with Gasteiger partial charge in [0.1, 0.15) is 0 Å². The molecule has 0 radical (unpaired) electrons. The highest BCUT2D eigenvalue weighted by Gasteiger charge is 2.20. The minimum Gasteiger partial charge on any atom is -0.309 e. The molecule has 0 saturated carbocycles. The third-order valence-corrected chi connectivity index (χ3v) is 10.8. The first-order valence-electron chi connectivity index (χ1n) is 19.2. The van der Waals surface area contributed by atoms with E-state index < -0.39 is 0 Å². The van der Waals surface area contributed by atoms with Crippen molar-refractivity contribution in [3.8, 4) is 62.1 Å². The smallest absolute Gasteiger partial charge is 0.164 e. The number of fused-ring (bicyclic) bond motifs is 3. The van der Waals surface area contributed by atoms with Crippen molar-refractivity contribution in [2.24, 2.45) is 5.92 Å². The highest BCUT2D eigenvalue weighted by atomic mass is 15.0. The summed E-state index contributed by atoms with van der Waals surface area (Å²) in [6, 6.07) is 62.1. The van der Waals surface area contributed by atoms with E-state index in [1.807, 2.05) is 60.7 Å². The van der Waals surface area contributed by atoms with Gasteiger partial charge in [0.05, 0.1) is 11.0 Å². The molecule has 0 bridgehead atoms. The van der Waals surface area contributed by atoms with E-state index >= 15 is 0 Å². The number of rotatable bonds is 7. The van der Waals surface area contributed by atoms with Crippen LogP contribution in [0, 0.1) is 5.92 Å². The maximum absolute atomic E-state index is 5.05. The van der Waals surface area contributed by atoms with E-state index in [2.05, 4.69) is 145 Å². The number of nitrogens with zero attached hydrogens (tertiary/aromatic N) is 4. The quantitative estimate of drug-likeness (QED) is 0.165. The van der Waals surface area contributed by atoms with Crippen molar-refractivity contribution in [3.05, 3.63) is 200 Å². The lowest BCUT2D eigenvalue weighted by molar-refractivity contribution is 0.749. The largest absolute Gasteiger partial charge is 0.309 e. The molecule has 9 aromatic rings. The summed E-state index contributed by atoms with van der Waals surface area (Å²) in [5, 5.41) is 2.45. The molecule has 56 heavy (non-hydrogen) atoms. The Morgan fingerprint density at radius 3 is 1.75 bits per heavy atom. The Kier molecular flexibility index (Phi) is 8.49. The molecule has 1 atom stereocenters. The molecule has 1 aliphatic carbocycles. The number of aromatic nitrogens is 4. The lowest BCUT2D eigenvalue weighted by Crippen LogP contribution is -2.00. The van der Waals surface area contributed by atoms with Crippen LogP contribution in [0.25, 0.3) is 89.5 Å². The molecule has 4 heteroatoms. The normalized spacial score (nSPS) is 13.9. The summed E-state index contributed by atoms with van der Waals surface area (Å²) in [4.78, 5) is 15.0. The van der Waals surface area contributed by atoms with Crippen molar-refractivity contribution < 1.29 is 0 Å². The Morgan fingerprint density at radius 1 is 0.464 bits per heavy atom. The second kappa shape index (κ2) is 14.2. The van der Waals surface area contributed by atoms with Gasteiger partial charge in [0.2, 0.25) is 0 Å². The van der Waals surface area contributed by atoms with E-state index in [4.69, 9.17) is 15.0 Å². The summed E-state index contributed by atoms with van der Waals surface area (Å²) in [6.45, 7) is 2.29. The standard InChI is InChI=1S/C52H38N4/c1-35-15-11-22-39(31-35)41-29-30-47-46(34-41)49-45(27-14-28-48(49)56(47)44-26-13-23-40(33-44)36-16-5-2-6-17-36)42-24-12-25-43(32-42)52-54-50(37-18-7-3-8-19-37)53-51(55-52)38-20-9-4-10-21-38/h2-30,32-35H,31H2,1H3. The molecule has 0 aliphatic heterocycles. The molecule has 266 valence electrons.